The molecule has 0 heterocycles. The fourth-order valence-corrected chi connectivity index (χ4v) is 0.632. The van der Waals surface area contributed by atoms with Crippen LogP contribution in [0.15, 0.2) is 0 Å². The van der Waals surface area contributed by atoms with E-state index in [2.05, 4.69) is 4.74 Å². The lowest BCUT2D eigenvalue weighted by Gasteiger charge is -2.16. The number of hydrogen-bond acceptors (Lipinski definition) is 5. The summed E-state index contributed by atoms with van der Waals surface area (Å²) in [6, 6.07) is -1.76. The normalized spacial score (nSPS) is 14.1. The van der Waals surface area contributed by atoms with Gasteiger partial charge in [-0.1, -0.05) is 6.92 Å². The van der Waals surface area contributed by atoms with Gasteiger partial charge in [0.2, 0.25) is 6.10 Å². The topological polar surface area (TPSA) is 127 Å². The lowest BCUT2D eigenvalue weighted by molar-refractivity contribution is -0.168. The van der Waals surface area contributed by atoms with Gasteiger partial charge in [0.1, 0.15) is 0 Å². The van der Waals surface area contributed by atoms with Gasteiger partial charge in [0.05, 0.1) is 0 Å². The van der Waals surface area contributed by atoms with Crippen LogP contribution in [0, 0.1) is 0 Å². The van der Waals surface area contributed by atoms with E-state index in [0.717, 1.165) is 0 Å². The second-order valence-electron chi connectivity index (χ2n) is 2.47. The Morgan fingerprint density at radius 2 is 1.79 bits per heavy atom. The zero-order chi connectivity index (χ0) is 11.3. The van der Waals surface area contributed by atoms with Crippen molar-refractivity contribution in [2.75, 3.05) is 0 Å². The summed E-state index contributed by atoms with van der Waals surface area (Å²) < 4.78 is 4.34. The van der Waals surface area contributed by atoms with E-state index in [0.29, 0.717) is 0 Å². The van der Waals surface area contributed by atoms with Crippen molar-refractivity contribution in [1.82, 2.24) is 0 Å². The van der Waals surface area contributed by atoms with Crippen molar-refractivity contribution in [1.29, 1.82) is 0 Å². The summed E-state index contributed by atoms with van der Waals surface area (Å²) in [5.74, 6) is -3.93. The highest BCUT2D eigenvalue weighted by molar-refractivity contribution is 5.86. The van der Waals surface area contributed by atoms with Crippen molar-refractivity contribution in [2.45, 2.75) is 25.5 Å². The molecule has 0 fully saturated rings. The summed E-state index contributed by atoms with van der Waals surface area (Å²) in [5, 5.41) is 16.9. The Morgan fingerprint density at radius 3 is 2.07 bits per heavy atom. The number of carboxylic acids is 2. The van der Waals surface area contributed by atoms with E-state index in [1.165, 1.54) is 6.92 Å². The lowest BCUT2D eigenvalue weighted by atomic mass is 10.2. The number of carbonyl (C=O) groups is 3. The number of carboxylic acid groups (broad SMARTS) is 2. The molecular formula is C7H11NO6. The van der Waals surface area contributed by atoms with Crippen LogP contribution in [0.4, 0.5) is 0 Å². The molecule has 0 aliphatic rings. The van der Waals surface area contributed by atoms with Crippen LogP contribution in [0.2, 0.25) is 0 Å². The number of ether oxygens (including phenoxy) is 1. The molecule has 0 radical (unpaired) electrons. The van der Waals surface area contributed by atoms with Crippen molar-refractivity contribution in [3.05, 3.63) is 0 Å². The van der Waals surface area contributed by atoms with Crippen molar-refractivity contribution in [3.63, 3.8) is 0 Å². The molecule has 1 unspecified atom stereocenters. The first-order valence-corrected chi connectivity index (χ1v) is 3.80. The Kier molecular flexibility index (Phi) is 4.57. The van der Waals surface area contributed by atoms with Crippen LogP contribution in [0.1, 0.15) is 13.3 Å². The van der Waals surface area contributed by atoms with Gasteiger partial charge in [-0.2, -0.15) is 0 Å². The molecule has 0 rings (SSSR count). The molecule has 0 bridgehead atoms. The first-order chi connectivity index (χ1) is 6.40. The minimum atomic E-state index is -1.85. The molecule has 0 amide bonds. The molecule has 7 nitrogen and oxygen atoms in total. The minimum Gasteiger partial charge on any atom is -0.480 e. The standard InChI is InChI=1S/C7H11NO6/c1-2-3(9)14-5(7(12)13)4(8)6(10)11/h4-5H,2,8H2,1H3,(H,10,11)(H,12,13)/t4?,5-/m0/s1. The molecule has 0 saturated heterocycles. The van der Waals surface area contributed by atoms with Crippen LogP contribution in [-0.4, -0.2) is 40.3 Å². The SMILES string of the molecule is CCC(=O)O[C@H](C(=O)O)C(N)C(=O)O. The van der Waals surface area contributed by atoms with E-state index in [1.54, 1.807) is 0 Å². The van der Waals surface area contributed by atoms with E-state index in [1.807, 2.05) is 0 Å². The summed E-state index contributed by atoms with van der Waals surface area (Å²) in [6.45, 7) is 1.45. The van der Waals surface area contributed by atoms with Crippen LogP contribution >= 0.6 is 0 Å². The molecule has 7 heteroatoms. The number of esters is 1. The van der Waals surface area contributed by atoms with E-state index in [9.17, 15) is 14.4 Å². The van der Waals surface area contributed by atoms with E-state index in [-0.39, 0.29) is 6.42 Å². The Morgan fingerprint density at radius 1 is 1.29 bits per heavy atom. The van der Waals surface area contributed by atoms with E-state index < -0.39 is 30.1 Å². The van der Waals surface area contributed by atoms with Crippen molar-refractivity contribution in [2.24, 2.45) is 5.73 Å². The Bertz CT molecular complexity index is 251. The predicted molar refractivity (Wildman–Crippen MR) is 43.4 cm³/mol. The average molecular weight is 205 g/mol. The zero-order valence-corrected chi connectivity index (χ0v) is 7.47. The Balaban J connectivity index is 4.52. The maximum Gasteiger partial charge on any atom is 0.347 e. The third-order valence-corrected chi connectivity index (χ3v) is 1.40. The van der Waals surface area contributed by atoms with Crippen LogP contribution in [0.5, 0.6) is 0 Å². The highest BCUT2D eigenvalue weighted by atomic mass is 16.6. The summed E-state index contributed by atoms with van der Waals surface area (Å²) in [4.78, 5) is 31.5. The summed E-state index contributed by atoms with van der Waals surface area (Å²) in [6.07, 6.45) is -1.89. The number of aliphatic carboxylic acids is 2. The van der Waals surface area contributed by atoms with Gasteiger partial charge in [0.15, 0.2) is 6.04 Å². The molecule has 0 aliphatic heterocycles. The second kappa shape index (κ2) is 5.18. The van der Waals surface area contributed by atoms with Gasteiger partial charge in [-0.25, -0.2) is 4.79 Å². The molecule has 0 aromatic rings. The number of hydrogen-bond donors (Lipinski definition) is 3. The van der Waals surface area contributed by atoms with Gasteiger partial charge < -0.3 is 20.7 Å². The third kappa shape index (κ3) is 3.40. The molecule has 0 aromatic carbocycles. The smallest absolute Gasteiger partial charge is 0.347 e. The summed E-state index contributed by atoms with van der Waals surface area (Å²) in [7, 11) is 0. The molecule has 80 valence electrons. The third-order valence-electron chi connectivity index (χ3n) is 1.40. The second-order valence-corrected chi connectivity index (χ2v) is 2.47. The van der Waals surface area contributed by atoms with Crippen LogP contribution < -0.4 is 5.73 Å². The average Bonchev–Trinajstić information content (AvgIpc) is 2.11. The van der Waals surface area contributed by atoms with Crippen molar-refractivity contribution in [3.8, 4) is 0 Å². The molecule has 0 aromatic heterocycles. The monoisotopic (exact) mass is 205 g/mol. The van der Waals surface area contributed by atoms with E-state index in [4.69, 9.17) is 15.9 Å². The maximum absolute atomic E-state index is 10.7. The fraction of sp³-hybridized carbons (Fsp3) is 0.571. The predicted octanol–water partition coefficient (Wildman–Crippen LogP) is -1.20. The highest BCUT2D eigenvalue weighted by Crippen LogP contribution is 2.00. The molecule has 0 saturated carbocycles. The molecule has 0 aliphatic carbocycles. The molecular weight excluding hydrogens is 194 g/mol. The van der Waals surface area contributed by atoms with Crippen LogP contribution in [0.25, 0.3) is 0 Å². The number of carbonyl (C=O) groups excluding carboxylic acids is 1. The first-order valence-electron chi connectivity index (χ1n) is 3.80. The van der Waals surface area contributed by atoms with Crippen molar-refractivity contribution >= 4 is 17.9 Å². The van der Waals surface area contributed by atoms with Gasteiger partial charge in [-0.05, 0) is 0 Å². The van der Waals surface area contributed by atoms with Gasteiger partial charge in [-0.3, -0.25) is 9.59 Å². The van der Waals surface area contributed by atoms with Gasteiger partial charge in [0.25, 0.3) is 0 Å². The highest BCUT2D eigenvalue weighted by Gasteiger charge is 2.33. The molecule has 4 N–H and O–H groups in total. The summed E-state index contributed by atoms with van der Waals surface area (Å²) >= 11 is 0. The maximum atomic E-state index is 10.7. The number of rotatable bonds is 5. The largest absolute Gasteiger partial charge is 0.480 e. The van der Waals surface area contributed by atoms with Crippen LogP contribution in [-0.2, 0) is 19.1 Å². The minimum absolute atomic E-state index is 0.0455. The summed E-state index contributed by atoms with van der Waals surface area (Å²) in [5.41, 5.74) is 5.01. The molecule has 0 spiro atoms. The Labute approximate surface area is 79.5 Å². The Hall–Kier alpha value is -1.63. The van der Waals surface area contributed by atoms with Gasteiger partial charge in [0, 0.05) is 6.42 Å². The zero-order valence-electron chi connectivity index (χ0n) is 7.47. The number of nitrogens with two attached hydrogens (primary N) is 1. The van der Waals surface area contributed by atoms with Gasteiger partial charge in [-0.15, -0.1) is 0 Å². The lowest BCUT2D eigenvalue weighted by Crippen LogP contribution is -2.48. The molecule has 2 atom stereocenters. The van der Waals surface area contributed by atoms with Crippen LogP contribution in [0.3, 0.4) is 0 Å². The molecule has 14 heavy (non-hydrogen) atoms. The quantitative estimate of drug-likeness (QED) is 0.481. The van der Waals surface area contributed by atoms with E-state index >= 15 is 0 Å². The van der Waals surface area contributed by atoms with Gasteiger partial charge >= 0.3 is 17.9 Å². The first kappa shape index (κ1) is 12.4. The van der Waals surface area contributed by atoms with Crippen molar-refractivity contribution < 1.29 is 29.3 Å². The fourth-order valence-electron chi connectivity index (χ4n) is 0.632.